The Morgan fingerprint density at radius 1 is 1.00 bits per heavy atom. The first-order valence-corrected chi connectivity index (χ1v) is 14.2. The van der Waals surface area contributed by atoms with E-state index in [9.17, 15) is 0 Å². The molecule has 3 nitrogen and oxygen atoms in total. The van der Waals surface area contributed by atoms with Gasteiger partial charge in [0.05, 0.1) is 36.8 Å². The Labute approximate surface area is 216 Å². The summed E-state index contributed by atoms with van der Waals surface area (Å²) in [5.41, 5.74) is 3.85. The second kappa shape index (κ2) is 12.4. The first-order chi connectivity index (χ1) is 17.2. The second-order valence-corrected chi connectivity index (χ2v) is 10.6. The van der Waals surface area contributed by atoms with E-state index in [2.05, 4.69) is 90.4 Å². The normalized spacial score (nSPS) is 23.3. The smallest absolute Gasteiger partial charge is 0.186 e. The molecule has 1 atom stereocenters. The van der Waals surface area contributed by atoms with Crippen LogP contribution in [0.1, 0.15) is 45.6 Å². The molecule has 3 aliphatic rings. The molecular formula is C31H41N2OS+. The number of quaternary nitrogens is 1. The highest BCUT2D eigenvalue weighted by molar-refractivity contribution is 7.14. The van der Waals surface area contributed by atoms with Crippen molar-refractivity contribution in [2.24, 2.45) is 11.8 Å². The summed E-state index contributed by atoms with van der Waals surface area (Å²) in [5, 5.41) is 5.76. The number of hydrogen-bond acceptors (Lipinski definition) is 3. The molecule has 0 amide bonds. The Kier molecular flexibility index (Phi) is 9.06. The van der Waals surface area contributed by atoms with Gasteiger partial charge in [-0.05, 0) is 35.4 Å². The summed E-state index contributed by atoms with van der Waals surface area (Å²) in [6, 6.07) is 23.8. The van der Waals surface area contributed by atoms with Gasteiger partial charge in [0.1, 0.15) is 6.54 Å². The lowest BCUT2D eigenvalue weighted by Gasteiger charge is -2.52. The minimum absolute atomic E-state index is 0.634. The Morgan fingerprint density at radius 2 is 1.69 bits per heavy atom. The van der Waals surface area contributed by atoms with Crippen molar-refractivity contribution in [1.82, 2.24) is 0 Å². The van der Waals surface area contributed by atoms with Crippen molar-refractivity contribution in [1.29, 1.82) is 0 Å². The van der Waals surface area contributed by atoms with E-state index in [1.54, 1.807) is 11.3 Å². The van der Waals surface area contributed by atoms with Gasteiger partial charge in [-0.15, -0.1) is 11.3 Å². The van der Waals surface area contributed by atoms with Crippen LogP contribution in [0.25, 0.3) is 10.4 Å². The minimum Gasteiger partial charge on any atom is -0.479 e. The lowest BCUT2D eigenvalue weighted by Crippen LogP contribution is -2.61. The van der Waals surface area contributed by atoms with Crippen LogP contribution in [0.3, 0.4) is 0 Å². The molecule has 3 aliphatic heterocycles. The van der Waals surface area contributed by atoms with E-state index in [-0.39, 0.29) is 0 Å². The molecule has 0 radical (unpaired) electrons. The van der Waals surface area contributed by atoms with Gasteiger partial charge >= 0.3 is 0 Å². The summed E-state index contributed by atoms with van der Waals surface area (Å²) < 4.78 is 7.71. The lowest BCUT2D eigenvalue weighted by atomic mass is 9.77. The van der Waals surface area contributed by atoms with Crippen LogP contribution in [-0.2, 0) is 11.3 Å². The van der Waals surface area contributed by atoms with Crippen LogP contribution in [0.2, 0.25) is 0 Å². The largest absolute Gasteiger partial charge is 0.479 e. The number of allylic oxidation sites excluding steroid dienone is 1. The van der Waals surface area contributed by atoms with Gasteiger partial charge in [0.25, 0.3) is 0 Å². The van der Waals surface area contributed by atoms with Gasteiger partial charge in [-0.2, -0.15) is 0 Å². The number of hydrogen-bond donors (Lipinski definition) is 1. The van der Waals surface area contributed by atoms with Crippen molar-refractivity contribution in [2.45, 2.75) is 46.6 Å². The van der Waals surface area contributed by atoms with Gasteiger partial charge in [0, 0.05) is 24.3 Å². The molecular weight excluding hydrogens is 448 g/mol. The van der Waals surface area contributed by atoms with Gasteiger partial charge in [-0.3, -0.25) is 0 Å². The molecule has 3 saturated heterocycles. The van der Waals surface area contributed by atoms with Gasteiger partial charge in [0.15, 0.2) is 5.88 Å². The summed E-state index contributed by atoms with van der Waals surface area (Å²) in [5.74, 6) is 2.35. The van der Waals surface area contributed by atoms with E-state index in [4.69, 9.17) is 4.74 Å². The number of anilines is 1. The van der Waals surface area contributed by atoms with Crippen LogP contribution in [0, 0.1) is 11.8 Å². The number of benzene rings is 2. The first-order valence-electron chi connectivity index (χ1n) is 13.4. The molecule has 1 aromatic heterocycles. The van der Waals surface area contributed by atoms with Gasteiger partial charge in [-0.25, -0.2) is 0 Å². The average molecular weight is 490 g/mol. The number of piperidine rings is 3. The van der Waals surface area contributed by atoms with Crippen molar-refractivity contribution in [3.63, 3.8) is 0 Å². The van der Waals surface area contributed by atoms with Crippen LogP contribution >= 0.6 is 11.3 Å². The third kappa shape index (κ3) is 6.36. The summed E-state index contributed by atoms with van der Waals surface area (Å²) >= 11 is 1.77. The van der Waals surface area contributed by atoms with Crippen molar-refractivity contribution in [3.8, 4) is 10.4 Å². The molecule has 4 heteroatoms. The predicted octanol–water partition coefficient (Wildman–Crippen LogP) is 8.18. The maximum Gasteiger partial charge on any atom is 0.186 e. The van der Waals surface area contributed by atoms with Crippen LogP contribution < -0.4 is 5.32 Å². The molecule has 3 fully saturated rings. The molecule has 1 N–H and O–H groups in total. The number of ether oxygens (including phenoxy) is 1. The molecule has 0 aliphatic carbocycles. The summed E-state index contributed by atoms with van der Waals surface area (Å²) in [4.78, 5) is 1.26. The van der Waals surface area contributed by atoms with Crippen LogP contribution in [0.4, 0.5) is 5.69 Å². The molecule has 0 spiro atoms. The lowest BCUT2D eigenvalue weighted by molar-refractivity contribution is -0.959. The van der Waals surface area contributed by atoms with E-state index >= 15 is 0 Å². The summed E-state index contributed by atoms with van der Waals surface area (Å²) in [6.07, 6.45) is 5.81. The SMILES string of the molecule is CC.CC/C=C(\Nc1ccsc1-c1ccccc1)OCC1C[N+]2(Cc3ccccc3)CCC1CC2. The van der Waals surface area contributed by atoms with E-state index < -0.39 is 0 Å². The van der Waals surface area contributed by atoms with E-state index in [0.717, 1.165) is 37.1 Å². The highest BCUT2D eigenvalue weighted by atomic mass is 32.1. The Hall–Kier alpha value is -2.56. The van der Waals surface area contributed by atoms with Gasteiger partial charge in [-0.1, -0.05) is 81.4 Å². The minimum atomic E-state index is 0.634. The fourth-order valence-corrected chi connectivity index (χ4v) is 6.56. The Bertz CT molecular complexity index is 1050. The number of nitrogens with one attached hydrogen (secondary N) is 1. The summed E-state index contributed by atoms with van der Waals surface area (Å²) in [7, 11) is 0. The zero-order valence-corrected chi connectivity index (χ0v) is 22.4. The standard InChI is InChI=1S/C29H35N2OS.C2H6/c1-2-9-28(30-27-16-19-33-29(27)25-12-7-4-8-13-25)32-22-26-21-31(17-14-24(26)15-18-31)20-23-10-5-3-6-11-23;1-2/h3-13,16,19,24,26,30H,2,14-15,17-18,20-22H2,1H3;1-2H3/q+1;/b28-9+;. The molecule has 4 heterocycles. The number of thiophene rings is 1. The van der Waals surface area contributed by atoms with Crippen LogP contribution in [-0.4, -0.2) is 30.7 Å². The first kappa shape index (κ1) is 25.5. The van der Waals surface area contributed by atoms with Crippen molar-refractivity contribution in [2.75, 3.05) is 31.6 Å². The maximum absolute atomic E-state index is 6.48. The molecule has 6 rings (SSSR count). The van der Waals surface area contributed by atoms with Gasteiger partial charge in [0.2, 0.25) is 0 Å². The number of nitrogens with zero attached hydrogens (tertiary/aromatic N) is 1. The van der Waals surface area contributed by atoms with Gasteiger partial charge < -0.3 is 14.5 Å². The van der Waals surface area contributed by atoms with Crippen LogP contribution in [0.15, 0.2) is 84.1 Å². The van der Waals surface area contributed by atoms with E-state index in [1.165, 1.54) is 53.0 Å². The number of fused-ring (bicyclic) bond motifs is 3. The number of rotatable bonds is 9. The zero-order valence-electron chi connectivity index (χ0n) is 21.6. The van der Waals surface area contributed by atoms with E-state index in [0.29, 0.717) is 5.92 Å². The molecule has 2 aromatic carbocycles. The highest BCUT2D eigenvalue weighted by Crippen LogP contribution is 2.40. The predicted molar refractivity (Wildman–Crippen MR) is 150 cm³/mol. The average Bonchev–Trinajstić information content (AvgIpc) is 3.38. The second-order valence-electron chi connectivity index (χ2n) is 9.65. The molecule has 0 saturated carbocycles. The molecule has 2 bridgehead atoms. The summed E-state index contributed by atoms with van der Waals surface area (Å²) in [6.45, 7) is 12.0. The van der Waals surface area contributed by atoms with E-state index in [1.807, 2.05) is 13.8 Å². The zero-order chi connectivity index (χ0) is 24.5. The fraction of sp³-hybridized carbons (Fsp3) is 0.419. The third-order valence-electron chi connectivity index (χ3n) is 7.40. The molecule has 3 aromatic rings. The van der Waals surface area contributed by atoms with Crippen molar-refractivity contribution >= 4 is 17.0 Å². The highest BCUT2D eigenvalue weighted by Gasteiger charge is 2.46. The topological polar surface area (TPSA) is 21.3 Å². The quantitative estimate of drug-likeness (QED) is 0.242. The van der Waals surface area contributed by atoms with Crippen molar-refractivity contribution < 1.29 is 9.22 Å². The van der Waals surface area contributed by atoms with Crippen LogP contribution in [0.5, 0.6) is 0 Å². The Morgan fingerprint density at radius 3 is 2.37 bits per heavy atom. The fourth-order valence-electron chi connectivity index (χ4n) is 5.70. The molecule has 35 heavy (non-hydrogen) atoms. The molecule has 1 unspecified atom stereocenters. The maximum atomic E-state index is 6.48. The molecule has 186 valence electrons. The Balaban J connectivity index is 0.00000141. The monoisotopic (exact) mass is 489 g/mol. The third-order valence-corrected chi connectivity index (χ3v) is 8.36. The van der Waals surface area contributed by atoms with Crippen molar-refractivity contribution in [3.05, 3.63) is 89.6 Å².